The maximum Gasteiger partial charge on any atom is 0.228 e. The number of sulfonamides is 1. The van der Waals surface area contributed by atoms with Gasteiger partial charge in [0.15, 0.2) is 0 Å². The van der Waals surface area contributed by atoms with E-state index in [0.717, 1.165) is 25.9 Å². The smallest absolute Gasteiger partial charge is 0.228 e. The molecule has 7 nitrogen and oxygen atoms in total. The van der Waals surface area contributed by atoms with Gasteiger partial charge in [0.25, 0.3) is 0 Å². The van der Waals surface area contributed by atoms with Gasteiger partial charge in [0.05, 0.1) is 13.4 Å². The van der Waals surface area contributed by atoms with E-state index in [0.29, 0.717) is 11.8 Å². The van der Waals surface area contributed by atoms with Crippen LogP contribution in [0.3, 0.4) is 0 Å². The minimum atomic E-state index is -3.13. The van der Waals surface area contributed by atoms with Crippen molar-refractivity contribution in [2.24, 2.45) is 0 Å². The number of aromatic nitrogens is 2. The summed E-state index contributed by atoms with van der Waals surface area (Å²) in [4.78, 5) is 10.6. The average molecular weight is 300 g/mol. The lowest BCUT2D eigenvalue weighted by Gasteiger charge is -2.35. The predicted molar refractivity (Wildman–Crippen MR) is 76.4 cm³/mol. The molecule has 0 radical (unpaired) electrons. The first kappa shape index (κ1) is 15.0. The van der Waals surface area contributed by atoms with Gasteiger partial charge in [-0.2, -0.15) is 4.98 Å². The minimum absolute atomic E-state index is 0.0480. The summed E-state index contributed by atoms with van der Waals surface area (Å²) in [6.07, 6.45) is 4.44. The highest BCUT2D eigenvalue weighted by molar-refractivity contribution is 7.88. The molecule has 0 unspecified atom stereocenters. The minimum Gasteiger partial charge on any atom is -0.481 e. The monoisotopic (exact) mass is 300 g/mol. The van der Waals surface area contributed by atoms with Crippen molar-refractivity contribution in [3.05, 3.63) is 12.3 Å². The van der Waals surface area contributed by atoms with Crippen molar-refractivity contribution in [2.75, 3.05) is 38.4 Å². The maximum absolute atomic E-state index is 11.5. The van der Waals surface area contributed by atoms with Crippen molar-refractivity contribution in [3.8, 4) is 5.88 Å². The number of nitrogens with zero attached hydrogens (tertiary/aromatic N) is 4. The molecule has 1 aliphatic rings. The van der Waals surface area contributed by atoms with Crippen LogP contribution in [-0.4, -0.2) is 62.2 Å². The topological polar surface area (TPSA) is 75.6 Å². The second kappa shape index (κ2) is 5.92. The van der Waals surface area contributed by atoms with Crippen molar-refractivity contribution in [1.29, 1.82) is 0 Å². The number of piperidine rings is 1. The zero-order valence-corrected chi connectivity index (χ0v) is 12.8. The molecular formula is C12H20N4O3S. The van der Waals surface area contributed by atoms with E-state index in [-0.39, 0.29) is 6.04 Å². The highest BCUT2D eigenvalue weighted by Crippen LogP contribution is 2.21. The molecule has 0 N–H and O–H groups in total. The summed E-state index contributed by atoms with van der Waals surface area (Å²) in [5, 5.41) is 0. The van der Waals surface area contributed by atoms with Crippen LogP contribution in [0.1, 0.15) is 12.8 Å². The summed E-state index contributed by atoms with van der Waals surface area (Å²) in [5.41, 5.74) is 0. The first-order chi connectivity index (χ1) is 9.41. The summed E-state index contributed by atoms with van der Waals surface area (Å²) in [5.74, 6) is 1.16. The molecular weight excluding hydrogens is 280 g/mol. The van der Waals surface area contributed by atoms with Gasteiger partial charge in [-0.3, -0.25) is 0 Å². The van der Waals surface area contributed by atoms with Crippen LogP contribution >= 0.6 is 0 Å². The molecule has 1 aliphatic heterocycles. The summed E-state index contributed by atoms with van der Waals surface area (Å²) in [6, 6.07) is 1.75. The Morgan fingerprint density at radius 2 is 2.05 bits per heavy atom. The van der Waals surface area contributed by atoms with E-state index in [9.17, 15) is 8.42 Å². The Kier molecular flexibility index (Phi) is 4.44. The standard InChI is InChI=1S/C12H20N4O3S/c1-15(20(3,17)18)10-5-8-16(9-6-10)12-13-7-4-11(14-12)19-2/h4,7,10H,5-6,8-9H2,1-3H3. The van der Waals surface area contributed by atoms with E-state index < -0.39 is 10.0 Å². The summed E-state index contributed by atoms with van der Waals surface area (Å²) in [7, 11) is 0.0738. The molecule has 1 fully saturated rings. The molecule has 112 valence electrons. The van der Waals surface area contributed by atoms with Crippen LogP contribution in [0.4, 0.5) is 5.95 Å². The van der Waals surface area contributed by atoms with Crippen LogP contribution in [0.15, 0.2) is 12.3 Å². The molecule has 0 aliphatic carbocycles. The number of ether oxygens (including phenoxy) is 1. The molecule has 0 saturated carbocycles. The maximum atomic E-state index is 11.5. The van der Waals surface area contributed by atoms with Crippen molar-refractivity contribution in [3.63, 3.8) is 0 Å². The molecule has 1 aromatic rings. The molecule has 8 heteroatoms. The van der Waals surface area contributed by atoms with E-state index in [1.165, 1.54) is 10.6 Å². The lowest BCUT2D eigenvalue weighted by Crippen LogP contribution is -2.45. The van der Waals surface area contributed by atoms with Gasteiger partial charge in [0, 0.05) is 38.4 Å². The highest BCUT2D eigenvalue weighted by atomic mass is 32.2. The lowest BCUT2D eigenvalue weighted by atomic mass is 10.1. The van der Waals surface area contributed by atoms with Gasteiger partial charge in [0.2, 0.25) is 21.9 Å². The molecule has 2 heterocycles. The molecule has 2 rings (SSSR count). The van der Waals surface area contributed by atoms with Crippen molar-refractivity contribution in [1.82, 2.24) is 14.3 Å². The van der Waals surface area contributed by atoms with E-state index in [1.54, 1.807) is 26.4 Å². The van der Waals surface area contributed by atoms with Crippen LogP contribution in [0.25, 0.3) is 0 Å². The Morgan fingerprint density at radius 1 is 1.40 bits per heavy atom. The predicted octanol–water partition coefficient (Wildman–Crippen LogP) is 0.345. The van der Waals surface area contributed by atoms with E-state index in [2.05, 4.69) is 14.9 Å². The fourth-order valence-electron chi connectivity index (χ4n) is 2.30. The van der Waals surface area contributed by atoms with E-state index in [4.69, 9.17) is 4.74 Å². The van der Waals surface area contributed by atoms with Crippen molar-refractivity contribution in [2.45, 2.75) is 18.9 Å². The number of hydrogen-bond acceptors (Lipinski definition) is 6. The second-order valence-corrected chi connectivity index (χ2v) is 6.94. The van der Waals surface area contributed by atoms with Gasteiger partial charge in [-0.25, -0.2) is 17.7 Å². The van der Waals surface area contributed by atoms with Crippen LogP contribution in [0.2, 0.25) is 0 Å². The third-order valence-corrected chi connectivity index (χ3v) is 4.96. The quantitative estimate of drug-likeness (QED) is 0.798. The summed E-state index contributed by atoms with van der Waals surface area (Å²) in [6.45, 7) is 1.47. The second-order valence-electron chi connectivity index (χ2n) is 4.90. The Balaban J connectivity index is 2.00. The van der Waals surface area contributed by atoms with Crippen molar-refractivity contribution >= 4 is 16.0 Å². The molecule has 0 bridgehead atoms. The van der Waals surface area contributed by atoms with E-state index >= 15 is 0 Å². The van der Waals surface area contributed by atoms with Gasteiger partial charge in [-0.1, -0.05) is 0 Å². The number of methoxy groups -OCH3 is 1. The molecule has 0 atom stereocenters. The molecule has 1 saturated heterocycles. The molecule has 20 heavy (non-hydrogen) atoms. The van der Waals surface area contributed by atoms with E-state index in [1.807, 2.05) is 0 Å². The van der Waals surface area contributed by atoms with Gasteiger partial charge in [-0.05, 0) is 12.8 Å². The number of anilines is 1. The third kappa shape index (κ3) is 3.37. The molecule has 0 amide bonds. The zero-order chi connectivity index (χ0) is 14.8. The largest absolute Gasteiger partial charge is 0.481 e. The molecule has 1 aromatic heterocycles. The fraction of sp³-hybridized carbons (Fsp3) is 0.667. The average Bonchev–Trinajstić information content (AvgIpc) is 2.46. The summed E-state index contributed by atoms with van der Waals surface area (Å²) < 4.78 is 29.6. The van der Waals surface area contributed by atoms with Crippen LogP contribution in [0, 0.1) is 0 Å². The van der Waals surface area contributed by atoms with Crippen LogP contribution in [0.5, 0.6) is 5.88 Å². The molecule has 0 spiro atoms. The lowest BCUT2D eigenvalue weighted by molar-refractivity contribution is 0.312. The Labute approximate surface area is 119 Å². The molecule has 0 aromatic carbocycles. The van der Waals surface area contributed by atoms with Gasteiger partial charge >= 0.3 is 0 Å². The van der Waals surface area contributed by atoms with Crippen LogP contribution < -0.4 is 9.64 Å². The summed E-state index contributed by atoms with van der Waals surface area (Å²) >= 11 is 0. The fourth-order valence-corrected chi connectivity index (χ4v) is 3.05. The SMILES string of the molecule is COc1ccnc(N2CCC(N(C)S(C)(=O)=O)CC2)n1. The van der Waals surface area contributed by atoms with Crippen molar-refractivity contribution < 1.29 is 13.2 Å². The van der Waals surface area contributed by atoms with Gasteiger partial charge in [0.1, 0.15) is 0 Å². The Hall–Kier alpha value is -1.41. The number of rotatable bonds is 4. The van der Waals surface area contributed by atoms with Crippen LogP contribution in [-0.2, 0) is 10.0 Å². The first-order valence-electron chi connectivity index (χ1n) is 6.47. The highest BCUT2D eigenvalue weighted by Gasteiger charge is 2.28. The van der Waals surface area contributed by atoms with Gasteiger partial charge < -0.3 is 9.64 Å². The first-order valence-corrected chi connectivity index (χ1v) is 8.31. The normalized spacial score (nSPS) is 17.5. The Morgan fingerprint density at radius 3 is 2.60 bits per heavy atom. The number of hydrogen-bond donors (Lipinski definition) is 0. The van der Waals surface area contributed by atoms with Gasteiger partial charge in [-0.15, -0.1) is 0 Å². The third-order valence-electron chi connectivity index (χ3n) is 3.61. The Bertz CT molecular complexity index is 556. The zero-order valence-electron chi connectivity index (χ0n) is 12.0.